The Morgan fingerprint density at radius 1 is 1.39 bits per heavy atom. The molecule has 1 saturated carbocycles. The molecule has 0 amide bonds. The van der Waals surface area contributed by atoms with E-state index in [4.69, 9.17) is 4.74 Å². The maximum Gasteiger partial charge on any atom is 0.170 e. The summed E-state index contributed by atoms with van der Waals surface area (Å²) < 4.78 is 5.57. The molecule has 0 spiro atoms. The second-order valence-electron chi connectivity index (χ2n) is 5.73. The average molecular weight is 246 g/mol. The van der Waals surface area contributed by atoms with Crippen molar-refractivity contribution in [1.82, 2.24) is 0 Å². The molecular formula is C16H22O2. The molecule has 1 unspecified atom stereocenters. The molecule has 2 rings (SSSR count). The molecule has 0 saturated heterocycles. The lowest BCUT2D eigenvalue weighted by molar-refractivity contribution is 0.0835. The highest BCUT2D eigenvalue weighted by atomic mass is 16.5. The third-order valence-corrected chi connectivity index (χ3v) is 4.03. The molecule has 0 bridgehead atoms. The lowest BCUT2D eigenvalue weighted by Crippen LogP contribution is -2.26. The summed E-state index contributed by atoms with van der Waals surface area (Å²) in [5, 5.41) is 0. The molecule has 98 valence electrons. The molecule has 2 heteroatoms. The number of ether oxygens (including phenoxy) is 1. The molecule has 0 heterocycles. The third-order valence-electron chi connectivity index (χ3n) is 4.03. The summed E-state index contributed by atoms with van der Waals surface area (Å²) in [6.07, 6.45) is 3.30. The van der Waals surface area contributed by atoms with E-state index in [0.717, 1.165) is 30.6 Å². The Labute approximate surface area is 109 Å². The van der Waals surface area contributed by atoms with Crippen LogP contribution in [-0.4, -0.2) is 12.4 Å². The summed E-state index contributed by atoms with van der Waals surface area (Å²) in [6, 6.07) is 7.61. The van der Waals surface area contributed by atoms with Crippen LogP contribution in [0.1, 0.15) is 50.4 Å². The van der Waals surface area contributed by atoms with E-state index in [1.807, 2.05) is 31.2 Å². The fourth-order valence-electron chi connectivity index (χ4n) is 2.95. The SMILES string of the molecule is CCOc1ccccc1C(=O)C1CCCC1(C)C. The average Bonchev–Trinajstić information content (AvgIpc) is 2.69. The Bertz CT molecular complexity index is 434. The molecule has 1 atom stereocenters. The lowest BCUT2D eigenvalue weighted by atomic mass is 9.77. The normalized spacial score (nSPS) is 21.8. The molecule has 0 N–H and O–H groups in total. The molecule has 1 aliphatic rings. The summed E-state index contributed by atoms with van der Waals surface area (Å²) in [5.41, 5.74) is 0.871. The van der Waals surface area contributed by atoms with Crippen LogP contribution in [0.15, 0.2) is 24.3 Å². The third kappa shape index (κ3) is 2.43. The summed E-state index contributed by atoms with van der Waals surface area (Å²) >= 11 is 0. The first-order valence-electron chi connectivity index (χ1n) is 6.82. The van der Waals surface area contributed by atoms with Gasteiger partial charge in [-0.1, -0.05) is 32.4 Å². The zero-order valence-electron chi connectivity index (χ0n) is 11.5. The van der Waals surface area contributed by atoms with Gasteiger partial charge < -0.3 is 4.74 Å². The summed E-state index contributed by atoms with van der Waals surface area (Å²) in [4.78, 5) is 12.7. The van der Waals surface area contributed by atoms with Crippen LogP contribution in [0.5, 0.6) is 5.75 Å². The molecule has 1 aliphatic carbocycles. The van der Waals surface area contributed by atoms with Crippen LogP contribution in [0.2, 0.25) is 0 Å². The highest BCUT2D eigenvalue weighted by Crippen LogP contribution is 2.44. The number of ketones is 1. The number of rotatable bonds is 4. The van der Waals surface area contributed by atoms with Crippen molar-refractivity contribution in [2.75, 3.05) is 6.61 Å². The number of benzene rings is 1. The predicted octanol–water partition coefficient (Wildman–Crippen LogP) is 4.09. The van der Waals surface area contributed by atoms with E-state index in [-0.39, 0.29) is 17.1 Å². The van der Waals surface area contributed by atoms with E-state index >= 15 is 0 Å². The van der Waals surface area contributed by atoms with Gasteiger partial charge in [0.15, 0.2) is 5.78 Å². The van der Waals surface area contributed by atoms with Gasteiger partial charge in [0.1, 0.15) is 5.75 Å². The van der Waals surface area contributed by atoms with Gasteiger partial charge in [0.25, 0.3) is 0 Å². The van der Waals surface area contributed by atoms with Crippen LogP contribution in [0, 0.1) is 11.3 Å². The molecule has 2 nitrogen and oxygen atoms in total. The van der Waals surface area contributed by atoms with Gasteiger partial charge in [-0.25, -0.2) is 0 Å². The first kappa shape index (κ1) is 13.1. The second kappa shape index (κ2) is 5.13. The number of Topliss-reactive ketones (excluding diaryl/α,β-unsaturated/α-hetero) is 1. The number of carbonyl (C=O) groups excluding carboxylic acids is 1. The number of hydrogen-bond donors (Lipinski definition) is 0. The Kier molecular flexibility index (Phi) is 3.74. The van der Waals surface area contributed by atoms with E-state index in [0.29, 0.717) is 6.61 Å². The van der Waals surface area contributed by atoms with Crippen LogP contribution < -0.4 is 4.74 Å². The van der Waals surface area contributed by atoms with Gasteiger partial charge in [0.05, 0.1) is 12.2 Å². The van der Waals surface area contributed by atoms with Gasteiger partial charge in [-0.05, 0) is 37.3 Å². The molecule has 0 aliphatic heterocycles. The molecule has 0 radical (unpaired) electrons. The van der Waals surface area contributed by atoms with Crippen LogP contribution in [0.3, 0.4) is 0 Å². The minimum Gasteiger partial charge on any atom is -0.493 e. The van der Waals surface area contributed by atoms with Crippen molar-refractivity contribution in [3.63, 3.8) is 0 Å². The molecule has 1 aromatic carbocycles. The number of hydrogen-bond acceptors (Lipinski definition) is 2. The summed E-state index contributed by atoms with van der Waals surface area (Å²) in [5.74, 6) is 1.12. The van der Waals surface area contributed by atoms with E-state index in [2.05, 4.69) is 13.8 Å². The van der Waals surface area contributed by atoms with Gasteiger partial charge in [-0.2, -0.15) is 0 Å². The Morgan fingerprint density at radius 3 is 2.72 bits per heavy atom. The monoisotopic (exact) mass is 246 g/mol. The van der Waals surface area contributed by atoms with Crippen molar-refractivity contribution in [3.05, 3.63) is 29.8 Å². The Balaban J connectivity index is 2.28. The predicted molar refractivity (Wildman–Crippen MR) is 73.1 cm³/mol. The first-order chi connectivity index (χ1) is 8.56. The quantitative estimate of drug-likeness (QED) is 0.748. The smallest absolute Gasteiger partial charge is 0.170 e. The topological polar surface area (TPSA) is 26.3 Å². The summed E-state index contributed by atoms with van der Waals surface area (Å²) in [7, 11) is 0. The molecule has 1 aromatic rings. The van der Waals surface area contributed by atoms with E-state index in [1.165, 1.54) is 0 Å². The molecule has 1 fully saturated rings. The van der Waals surface area contributed by atoms with Crippen molar-refractivity contribution in [2.24, 2.45) is 11.3 Å². The number of carbonyl (C=O) groups is 1. The van der Waals surface area contributed by atoms with Crippen LogP contribution in [0.4, 0.5) is 0 Å². The highest BCUT2D eigenvalue weighted by molar-refractivity contribution is 6.00. The standard InChI is InChI=1S/C16H22O2/c1-4-18-14-10-6-5-8-12(14)15(17)13-9-7-11-16(13,2)3/h5-6,8,10,13H,4,7,9,11H2,1-3H3. The summed E-state index contributed by atoms with van der Waals surface area (Å²) in [6.45, 7) is 6.94. The Hall–Kier alpha value is -1.31. The zero-order chi connectivity index (χ0) is 13.2. The zero-order valence-corrected chi connectivity index (χ0v) is 11.5. The highest BCUT2D eigenvalue weighted by Gasteiger charge is 2.40. The maximum atomic E-state index is 12.7. The van der Waals surface area contributed by atoms with Crippen LogP contribution >= 0.6 is 0 Å². The fourth-order valence-corrected chi connectivity index (χ4v) is 2.95. The van der Waals surface area contributed by atoms with Crippen LogP contribution in [0.25, 0.3) is 0 Å². The van der Waals surface area contributed by atoms with Gasteiger partial charge in [-0.3, -0.25) is 4.79 Å². The molecular weight excluding hydrogens is 224 g/mol. The van der Waals surface area contributed by atoms with E-state index in [9.17, 15) is 4.79 Å². The molecule has 0 aromatic heterocycles. The maximum absolute atomic E-state index is 12.7. The minimum absolute atomic E-state index is 0.121. The second-order valence-corrected chi connectivity index (χ2v) is 5.73. The van der Waals surface area contributed by atoms with Crippen molar-refractivity contribution in [2.45, 2.75) is 40.0 Å². The van der Waals surface area contributed by atoms with Gasteiger partial charge in [0, 0.05) is 5.92 Å². The van der Waals surface area contributed by atoms with Crippen molar-refractivity contribution < 1.29 is 9.53 Å². The molecule has 18 heavy (non-hydrogen) atoms. The van der Waals surface area contributed by atoms with Gasteiger partial charge >= 0.3 is 0 Å². The van der Waals surface area contributed by atoms with Crippen LogP contribution in [-0.2, 0) is 0 Å². The largest absolute Gasteiger partial charge is 0.493 e. The van der Waals surface area contributed by atoms with E-state index in [1.54, 1.807) is 0 Å². The van der Waals surface area contributed by atoms with Crippen molar-refractivity contribution >= 4 is 5.78 Å². The van der Waals surface area contributed by atoms with E-state index < -0.39 is 0 Å². The van der Waals surface area contributed by atoms with Crippen molar-refractivity contribution in [1.29, 1.82) is 0 Å². The minimum atomic E-state index is 0.121. The van der Waals surface area contributed by atoms with Gasteiger partial charge in [0.2, 0.25) is 0 Å². The number of para-hydroxylation sites is 1. The fraction of sp³-hybridized carbons (Fsp3) is 0.562. The van der Waals surface area contributed by atoms with Crippen molar-refractivity contribution in [3.8, 4) is 5.75 Å². The Morgan fingerprint density at radius 2 is 2.11 bits per heavy atom. The first-order valence-corrected chi connectivity index (χ1v) is 6.82. The van der Waals surface area contributed by atoms with Gasteiger partial charge in [-0.15, -0.1) is 0 Å². The lowest BCUT2D eigenvalue weighted by Gasteiger charge is -2.26.